The van der Waals surface area contributed by atoms with E-state index in [1.807, 2.05) is 30.3 Å². The van der Waals surface area contributed by atoms with Crippen LogP contribution in [0.4, 0.5) is 0 Å². The first-order valence-corrected chi connectivity index (χ1v) is 6.61. The van der Waals surface area contributed by atoms with E-state index in [2.05, 4.69) is 6.07 Å². The van der Waals surface area contributed by atoms with Crippen LogP contribution in [0.3, 0.4) is 0 Å². The molecule has 0 N–H and O–H groups in total. The Hall–Kier alpha value is -2.02. The maximum absolute atomic E-state index is 8.78. The lowest BCUT2D eigenvalue weighted by Gasteiger charge is -2.07. The van der Waals surface area contributed by atoms with Gasteiger partial charge in [-0.3, -0.25) is 0 Å². The Morgan fingerprint density at radius 3 is 2.70 bits per heavy atom. The highest BCUT2D eigenvalue weighted by atomic mass is 35.5. The molecule has 2 aromatic rings. The number of nitriles is 1. The van der Waals surface area contributed by atoms with Gasteiger partial charge in [0.2, 0.25) is 0 Å². The lowest BCUT2D eigenvalue weighted by Crippen LogP contribution is -2.06. The monoisotopic (exact) mass is 287 g/mol. The van der Waals surface area contributed by atoms with Crippen molar-refractivity contribution in [1.29, 1.82) is 5.26 Å². The standard InChI is InChI=1S/C16H14ClNO2/c17-15-5-1-4-14(9-15)12-19-7-8-20-16-6-2-3-13(10-16)11-18/h1-6,9-10H,7-8,12H2. The van der Waals surface area contributed by atoms with Gasteiger partial charge in [0.25, 0.3) is 0 Å². The first-order chi connectivity index (χ1) is 9.78. The van der Waals surface area contributed by atoms with Crippen LogP contribution in [0.5, 0.6) is 5.75 Å². The number of rotatable bonds is 6. The molecule has 0 heterocycles. The van der Waals surface area contributed by atoms with Crippen LogP contribution in [-0.4, -0.2) is 13.2 Å². The minimum Gasteiger partial charge on any atom is -0.491 e. The lowest BCUT2D eigenvalue weighted by atomic mass is 10.2. The second-order valence-corrected chi connectivity index (χ2v) is 4.61. The molecule has 0 saturated carbocycles. The van der Waals surface area contributed by atoms with Gasteiger partial charge in [-0.2, -0.15) is 5.26 Å². The Morgan fingerprint density at radius 1 is 1.05 bits per heavy atom. The summed E-state index contributed by atoms with van der Waals surface area (Å²) in [5.74, 6) is 0.676. The summed E-state index contributed by atoms with van der Waals surface area (Å²) in [6.45, 7) is 1.42. The normalized spacial score (nSPS) is 10.0. The van der Waals surface area contributed by atoms with E-state index in [4.69, 9.17) is 26.3 Å². The SMILES string of the molecule is N#Cc1cccc(OCCOCc2cccc(Cl)c2)c1. The largest absolute Gasteiger partial charge is 0.491 e. The third kappa shape index (κ3) is 4.58. The highest BCUT2D eigenvalue weighted by Crippen LogP contribution is 2.13. The summed E-state index contributed by atoms with van der Waals surface area (Å²) in [5, 5.41) is 9.48. The predicted molar refractivity (Wildman–Crippen MR) is 77.8 cm³/mol. The van der Waals surface area contributed by atoms with Crippen molar-refractivity contribution in [2.75, 3.05) is 13.2 Å². The molecule has 0 spiro atoms. The molecule has 0 amide bonds. The maximum Gasteiger partial charge on any atom is 0.120 e. The molecule has 2 rings (SSSR count). The molecular formula is C16H14ClNO2. The highest BCUT2D eigenvalue weighted by molar-refractivity contribution is 6.30. The Labute approximate surface area is 123 Å². The second-order valence-electron chi connectivity index (χ2n) is 4.17. The molecule has 0 fully saturated rings. The molecule has 0 saturated heterocycles. The smallest absolute Gasteiger partial charge is 0.120 e. The zero-order valence-electron chi connectivity index (χ0n) is 10.9. The number of hydrogen-bond donors (Lipinski definition) is 0. The number of halogens is 1. The van der Waals surface area contributed by atoms with Crippen molar-refractivity contribution in [3.05, 3.63) is 64.7 Å². The Kier molecular flexibility index (Phi) is 5.43. The van der Waals surface area contributed by atoms with Gasteiger partial charge < -0.3 is 9.47 Å². The minimum atomic E-state index is 0.440. The van der Waals surface area contributed by atoms with Crippen molar-refractivity contribution in [3.63, 3.8) is 0 Å². The molecule has 0 aliphatic carbocycles. The van der Waals surface area contributed by atoms with Crippen LogP contribution in [0.2, 0.25) is 5.02 Å². The lowest BCUT2D eigenvalue weighted by molar-refractivity contribution is 0.0889. The van der Waals surface area contributed by atoms with Crippen LogP contribution in [-0.2, 0) is 11.3 Å². The van der Waals surface area contributed by atoms with Gasteiger partial charge >= 0.3 is 0 Å². The van der Waals surface area contributed by atoms with Crippen LogP contribution in [0.15, 0.2) is 48.5 Å². The highest BCUT2D eigenvalue weighted by Gasteiger charge is 1.97. The fraction of sp³-hybridized carbons (Fsp3) is 0.188. The van der Waals surface area contributed by atoms with Crippen molar-refractivity contribution in [3.8, 4) is 11.8 Å². The number of ether oxygens (including phenoxy) is 2. The fourth-order valence-corrected chi connectivity index (χ4v) is 1.90. The summed E-state index contributed by atoms with van der Waals surface area (Å²) < 4.78 is 11.0. The van der Waals surface area contributed by atoms with Crippen LogP contribution < -0.4 is 4.74 Å². The topological polar surface area (TPSA) is 42.2 Å². The summed E-state index contributed by atoms with van der Waals surface area (Å²) in [5.41, 5.74) is 1.62. The first kappa shape index (κ1) is 14.4. The van der Waals surface area contributed by atoms with Gasteiger partial charge in [-0.05, 0) is 35.9 Å². The Morgan fingerprint density at radius 2 is 1.90 bits per heavy atom. The van der Waals surface area contributed by atoms with Crippen LogP contribution in [0.1, 0.15) is 11.1 Å². The van der Waals surface area contributed by atoms with Gasteiger partial charge in [0.1, 0.15) is 12.4 Å². The Bertz CT molecular complexity index is 607. The van der Waals surface area contributed by atoms with Crippen molar-refractivity contribution in [2.24, 2.45) is 0 Å². The predicted octanol–water partition coefficient (Wildman–Crippen LogP) is 3.81. The van der Waals surface area contributed by atoms with Crippen molar-refractivity contribution >= 4 is 11.6 Å². The second kappa shape index (κ2) is 7.54. The molecule has 102 valence electrons. The molecule has 2 aromatic carbocycles. The van der Waals surface area contributed by atoms with Gasteiger partial charge in [0, 0.05) is 5.02 Å². The van der Waals surface area contributed by atoms with E-state index in [1.54, 1.807) is 18.2 Å². The van der Waals surface area contributed by atoms with Crippen molar-refractivity contribution < 1.29 is 9.47 Å². The van der Waals surface area contributed by atoms with Crippen molar-refractivity contribution in [2.45, 2.75) is 6.61 Å². The molecule has 0 aliphatic rings. The molecule has 0 bridgehead atoms. The minimum absolute atomic E-state index is 0.440. The van der Waals surface area contributed by atoms with E-state index in [0.717, 1.165) is 5.56 Å². The fourth-order valence-electron chi connectivity index (χ4n) is 1.69. The molecular weight excluding hydrogens is 274 g/mol. The van der Waals surface area contributed by atoms with Gasteiger partial charge in [0.05, 0.1) is 24.8 Å². The van der Waals surface area contributed by atoms with Crippen LogP contribution in [0.25, 0.3) is 0 Å². The summed E-state index contributed by atoms with van der Waals surface area (Å²) in [4.78, 5) is 0. The van der Waals surface area contributed by atoms with E-state index < -0.39 is 0 Å². The van der Waals surface area contributed by atoms with Gasteiger partial charge in [-0.1, -0.05) is 29.8 Å². The quantitative estimate of drug-likeness (QED) is 0.759. The number of hydrogen-bond acceptors (Lipinski definition) is 3. The van der Waals surface area contributed by atoms with E-state index in [0.29, 0.717) is 36.2 Å². The third-order valence-electron chi connectivity index (χ3n) is 2.62. The van der Waals surface area contributed by atoms with Gasteiger partial charge in [0.15, 0.2) is 0 Å². The van der Waals surface area contributed by atoms with Crippen molar-refractivity contribution in [1.82, 2.24) is 0 Å². The zero-order chi connectivity index (χ0) is 14.2. The molecule has 3 nitrogen and oxygen atoms in total. The zero-order valence-corrected chi connectivity index (χ0v) is 11.6. The molecule has 4 heteroatoms. The summed E-state index contributed by atoms with van der Waals surface area (Å²) >= 11 is 5.89. The average molecular weight is 288 g/mol. The number of benzene rings is 2. The van der Waals surface area contributed by atoms with E-state index in [-0.39, 0.29) is 0 Å². The summed E-state index contributed by atoms with van der Waals surface area (Å²) in [7, 11) is 0. The Balaban J connectivity index is 1.70. The van der Waals surface area contributed by atoms with E-state index in [1.165, 1.54) is 0 Å². The molecule has 0 aromatic heterocycles. The molecule has 0 aliphatic heterocycles. The van der Waals surface area contributed by atoms with Gasteiger partial charge in [-0.25, -0.2) is 0 Å². The molecule has 20 heavy (non-hydrogen) atoms. The average Bonchev–Trinajstić information content (AvgIpc) is 2.47. The van der Waals surface area contributed by atoms with Gasteiger partial charge in [-0.15, -0.1) is 0 Å². The van der Waals surface area contributed by atoms with E-state index >= 15 is 0 Å². The first-order valence-electron chi connectivity index (χ1n) is 6.23. The molecule has 0 unspecified atom stereocenters. The summed E-state index contributed by atoms with van der Waals surface area (Å²) in [6.07, 6.45) is 0. The maximum atomic E-state index is 8.78. The molecule has 0 atom stereocenters. The molecule has 0 radical (unpaired) electrons. The van der Waals surface area contributed by atoms with E-state index in [9.17, 15) is 0 Å². The van der Waals surface area contributed by atoms with Crippen LogP contribution in [0, 0.1) is 11.3 Å². The summed E-state index contributed by atoms with van der Waals surface area (Å²) in [6, 6.07) is 16.7. The third-order valence-corrected chi connectivity index (χ3v) is 2.85. The van der Waals surface area contributed by atoms with Crippen LogP contribution >= 0.6 is 11.6 Å². The number of nitrogens with zero attached hydrogens (tertiary/aromatic N) is 1.